The average molecular weight is 284 g/mol. The van der Waals surface area contributed by atoms with Crippen molar-refractivity contribution in [1.82, 2.24) is 10.6 Å². The van der Waals surface area contributed by atoms with Crippen molar-refractivity contribution in [2.24, 2.45) is 0 Å². The number of ether oxygens (including phenoxy) is 1. The van der Waals surface area contributed by atoms with Gasteiger partial charge in [0.1, 0.15) is 5.82 Å². The zero-order valence-electron chi connectivity index (χ0n) is 11.7. The molecule has 0 radical (unpaired) electrons. The first-order valence-corrected chi connectivity index (χ1v) is 6.48. The van der Waals surface area contributed by atoms with Crippen molar-refractivity contribution in [3.05, 3.63) is 35.6 Å². The Bertz CT molecular complexity index is 429. The standard InChI is InChI=1S/C14H21FN2O3/c1-10(14(19)16-6-7-20-2)17-9-13(18)11-4-3-5-12(15)8-11/h3-5,8,10,13,17-18H,6-7,9H2,1-2H3,(H,16,19). The molecule has 0 aliphatic rings. The molecule has 0 fully saturated rings. The van der Waals surface area contributed by atoms with Gasteiger partial charge < -0.3 is 20.5 Å². The monoisotopic (exact) mass is 284 g/mol. The predicted molar refractivity (Wildman–Crippen MR) is 73.7 cm³/mol. The second kappa shape index (κ2) is 8.63. The highest BCUT2D eigenvalue weighted by molar-refractivity contribution is 5.81. The average Bonchev–Trinajstić information content (AvgIpc) is 2.44. The molecule has 1 aromatic rings. The third kappa shape index (κ3) is 5.64. The molecular weight excluding hydrogens is 263 g/mol. The minimum absolute atomic E-state index is 0.169. The van der Waals surface area contributed by atoms with Crippen LogP contribution < -0.4 is 10.6 Å². The number of nitrogens with one attached hydrogen (secondary N) is 2. The number of aliphatic hydroxyl groups is 1. The van der Waals surface area contributed by atoms with Crippen LogP contribution in [0.1, 0.15) is 18.6 Å². The summed E-state index contributed by atoms with van der Waals surface area (Å²) in [6.07, 6.45) is -0.861. The second-order valence-electron chi connectivity index (χ2n) is 4.48. The maximum absolute atomic E-state index is 13.0. The van der Waals surface area contributed by atoms with E-state index in [-0.39, 0.29) is 12.5 Å². The predicted octanol–water partition coefficient (Wildman–Crippen LogP) is 0.600. The molecule has 2 atom stereocenters. The number of benzene rings is 1. The topological polar surface area (TPSA) is 70.6 Å². The highest BCUT2D eigenvalue weighted by Crippen LogP contribution is 2.13. The fourth-order valence-electron chi connectivity index (χ4n) is 1.64. The molecule has 0 aromatic heterocycles. The van der Waals surface area contributed by atoms with Gasteiger partial charge in [-0.2, -0.15) is 0 Å². The Hall–Kier alpha value is -1.50. The molecule has 5 nitrogen and oxygen atoms in total. The Morgan fingerprint density at radius 3 is 2.90 bits per heavy atom. The van der Waals surface area contributed by atoms with Gasteiger partial charge >= 0.3 is 0 Å². The SMILES string of the molecule is COCCNC(=O)C(C)NCC(O)c1cccc(F)c1. The number of aliphatic hydroxyl groups excluding tert-OH is 1. The van der Waals surface area contributed by atoms with Crippen molar-refractivity contribution in [3.63, 3.8) is 0 Å². The minimum atomic E-state index is -0.861. The van der Waals surface area contributed by atoms with Crippen molar-refractivity contribution in [1.29, 1.82) is 0 Å². The molecule has 0 aliphatic carbocycles. The number of methoxy groups -OCH3 is 1. The number of hydrogen-bond donors (Lipinski definition) is 3. The summed E-state index contributed by atoms with van der Waals surface area (Å²) < 4.78 is 17.8. The van der Waals surface area contributed by atoms with Crippen molar-refractivity contribution < 1.29 is 19.0 Å². The van der Waals surface area contributed by atoms with E-state index in [2.05, 4.69) is 10.6 Å². The van der Waals surface area contributed by atoms with Gasteiger partial charge in [-0.3, -0.25) is 4.79 Å². The summed E-state index contributed by atoms with van der Waals surface area (Å²) >= 11 is 0. The smallest absolute Gasteiger partial charge is 0.236 e. The maximum atomic E-state index is 13.0. The van der Waals surface area contributed by atoms with Crippen molar-refractivity contribution >= 4 is 5.91 Å². The lowest BCUT2D eigenvalue weighted by Crippen LogP contribution is -2.44. The largest absolute Gasteiger partial charge is 0.387 e. The number of amides is 1. The first-order chi connectivity index (χ1) is 9.54. The number of hydrogen-bond acceptors (Lipinski definition) is 4. The van der Waals surface area contributed by atoms with Crippen molar-refractivity contribution in [2.45, 2.75) is 19.1 Å². The van der Waals surface area contributed by atoms with E-state index in [0.717, 1.165) is 0 Å². The van der Waals surface area contributed by atoms with Gasteiger partial charge in [-0.1, -0.05) is 12.1 Å². The summed E-state index contributed by atoms with van der Waals surface area (Å²) in [6, 6.07) is 5.31. The summed E-state index contributed by atoms with van der Waals surface area (Å²) in [7, 11) is 1.56. The van der Waals surface area contributed by atoms with E-state index in [1.54, 1.807) is 20.1 Å². The van der Waals surface area contributed by atoms with E-state index in [1.165, 1.54) is 18.2 Å². The Labute approximate surface area is 118 Å². The molecule has 20 heavy (non-hydrogen) atoms. The molecule has 6 heteroatoms. The lowest BCUT2D eigenvalue weighted by Gasteiger charge is -2.17. The highest BCUT2D eigenvalue weighted by Gasteiger charge is 2.14. The Morgan fingerprint density at radius 1 is 1.50 bits per heavy atom. The highest BCUT2D eigenvalue weighted by atomic mass is 19.1. The Morgan fingerprint density at radius 2 is 2.25 bits per heavy atom. The van der Waals surface area contributed by atoms with Crippen LogP contribution in [0.2, 0.25) is 0 Å². The van der Waals surface area contributed by atoms with Crippen molar-refractivity contribution in [3.8, 4) is 0 Å². The molecule has 0 aliphatic heterocycles. The van der Waals surface area contributed by atoms with Crippen LogP contribution in [0.4, 0.5) is 4.39 Å². The molecule has 0 saturated carbocycles. The zero-order valence-corrected chi connectivity index (χ0v) is 11.7. The maximum Gasteiger partial charge on any atom is 0.236 e. The third-order valence-corrected chi connectivity index (χ3v) is 2.85. The van der Waals surface area contributed by atoms with Crippen LogP contribution in [0.15, 0.2) is 24.3 Å². The summed E-state index contributed by atoms with van der Waals surface area (Å²) in [6.45, 7) is 2.75. The molecule has 3 N–H and O–H groups in total. The molecular formula is C14H21FN2O3. The van der Waals surface area contributed by atoms with Gasteiger partial charge in [0.2, 0.25) is 5.91 Å². The Balaban J connectivity index is 2.36. The molecule has 2 unspecified atom stereocenters. The third-order valence-electron chi connectivity index (χ3n) is 2.85. The van der Waals surface area contributed by atoms with Crippen LogP contribution in [-0.2, 0) is 9.53 Å². The molecule has 0 bridgehead atoms. The van der Waals surface area contributed by atoms with Crippen LogP contribution in [0.3, 0.4) is 0 Å². The normalized spacial score (nSPS) is 13.8. The molecule has 0 heterocycles. The summed E-state index contributed by atoms with van der Waals surface area (Å²) in [5, 5.41) is 15.5. The first kappa shape index (κ1) is 16.6. The molecule has 1 amide bonds. The quantitative estimate of drug-likeness (QED) is 0.611. The minimum Gasteiger partial charge on any atom is -0.387 e. The first-order valence-electron chi connectivity index (χ1n) is 6.48. The van der Waals surface area contributed by atoms with Gasteiger partial charge in [-0.05, 0) is 24.6 Å². The number of carbonyl (C=O) groups is 1. The fourth-order valence-corrected chi connectivity index (χ4v) is 1.64. The van der Waals surface area contributed by atoms with Crippen LogP contribution in [0, 0.1) is 5.82 Å². The number of rotatable bonds is 8. The van der Waals surface area contributed by atoms with E-state index >= 15 is 0 Å². The van der Waals surface area contributed by atoms with Crippen LogP contribution in [0.5, 0.6) is 0 Å². The fraction of sp³-hybridized carbons (Fsp3) is 0.500. The van der Waals surface area contributed by atoms with E-state index in [0.29, 0.717) is 18.7 Å². The van der Waals surface area contributed by atoms with Crippen molar-refractivity contribution in [2.75, 3.05) is 26.8 Å². The summed E-state index contributed by atoms with van der Waals surface area (Å²) in [4.78, 5) is 11.7. The molecule has 0 saturated heterocycles. The van der Waals surface area contributed by atoms with E-state index < -0.39 is 18.0 Å². The van der Waals surface area contributed by atoms with Gasteiger partial charge in [0.15, 0.2) is 0 Å². The van der Waals surface area contributed by atoms with E-state index in [4.69, 9.17) is 4.74 Å². The van der Waals surface area contributed by atoms with Gasteiger partial charge in [-0.15, -0.1) is 0 Å². The summed E-state index contributed by atoms with van der Waals surface area (Å²) in [5.74, 6) is -0.569. The molecule has 112 valence electrons. The van der Waals surface area contributed by atoms with Crippen LogP contribution in [0.25, 0.3) is 0 Å². The van der Waals surface area contributed by atoms with E-state index in [9.17, 15) is 14.3 Å². The van der Waals surface area contributed by atoms with Gasteiger partial charge in [-0.25, -0.2) is 4.39 Å². The zero-order chi connectivity index (χ0) is 15.0. The Kier molecular flexibility index (Phi) is 7.14. The lowest BCUT2D eigenvalue weighted by atomic mass is 10.1. The van der Waals surface area contributed by atoms with Crippen LogP contribution >= 0.6 is 0 Å². The second-order valence-corrected chi connectivity index (χ2v) is 4.48. The van der Waals surface area contributed by atoms with Gasteiger partial charge in [0.05, 0.1) is 18.8 Å². The van der Waals surface area contributed by atoms with Gasteiger partial charge in [0, 0.05) is 20.2 Å². The number of halogens is 1. The molecule has 1 rings (SSSR count). The molecule has 0 spiro atoms. The number of carbonyl (C=O) groups excluding carboxylic acids is 1. The lowest BCUT2D eigenvalue weighted by molar-refractivity contribution is -0.123. The van der Waals surface area contributed by atoms with Crippen LogP contribution in [-0.4, -0.2) is 43.9 Å². The van der Waals surface area contributed by atoms with Gasteiger partial charge in [0.25, 0.3) is 0 Å². The molecule has 1 aromatic carbocycles. The van der Waals surface area contributed by atoms with E-state index in [1.807, 2.05) is 0 Å². The summed E-state index contributed by atoms with van der Waals surface area (Å²) in [5.41, 5.74) is 0.476.